The van der Waals surface area contributed by atoms with Crippen molar-refractivity contribution in [1.29, 1.82) is 0 Å². The fraction of sp³-hybridized carbons (Fsp3) is 0.462. The summed E-state index contributed by atoms with van der Waals surface area (Å²) in [6.07, 6.45) is 1.59. The molecule has 0 aromatic carbocycles. The minimum Gasteiger partial charge on any atom is -0.393 e. The van der Waals surface area contributed by atoms with Gasteiger partial charge in [-0.05, 0) is 24.5 Å². The van der Waals surface area contributed by atoms with Gasteiger partial charge in [0.05, 0.1) is 6.10 Å². The zero-order valence-electron chi connectivity index (χ0n) is 11.5. The largest absolute Gasteiger partial charge is 0.393 e. The lowest BCUT2D eigenvalue weighted by atomic mass is 9.99. The van der Waals surface area contributed by atoms with Crippen molar-refractivity contribution in [2.75, 3.05) is 13.1 Å². The molecule has 0 bridgehead atoms. The molecule has 3 heterocycles. The van der Waals surface area contributed by atoms with Crippen molar-refractivity contribution in [1.82, 2.24) is 13.7 Å². The molecule has 0 amide bonds. The van der Waals surface area contributed by atoms with Gasteiger partial charge in [-0.3, -0.25) is 4.40 Å². The van der Waals surface area contributed by atoms with Gasteiger partial charge in [-0.15, -0.1) is 0 Å². The van der Waals surface area contributed by atoms with Crippen LogP contribution in [0.5, 0.6) is 0 Å². The number of piperidine rings is 1. The number of imidazole rings is 1. The molecule has 1 fully saturated rings. The maximum atomic E-state index is 12.8. The number of pyridine rings is 1. The van der Waals surface area contributed by atoms with Gasteiger partial charge in [0.1, 0.15) is 5.65 Å². The molecule has 0 saturated carbocycles. The monoisotopic (exact) mass is 329 g/mol. The number of nitrogens with zero attached hydrogens (tertiary/aromatic N) is 3. The van der Waals surface area contributed by atoms with E-state index in [4.69, 9.17) is 11.6 Å². The van der Waals surface area contributed by atoms with Crippen LogP contribution >= 0.6 is 11.6 Å². The molecule has 2 atom stereocenters. The van der Waals surface area contributed by atoms with Gasteiger partial charge in [-0.1, -0.05) is 24.6 Å². The van der Waals surface area contributed by atoms with Crippen LogP contribution in [0.25, 0.3) is 5.65 Å². The van der Waals surface area contributed by atoms with E-state index in [9.17, 15) is 13.5 Å². The first-order valence-electron chi connectivity index (χ1n) is 6.72. The third-order valence-electron chi connectivity index (χ3n) is 3.85. The number of aliphatic hydroxyl groups is 1. The summed E-state index contributed by atoms with van der Waals surface area (Å²) in [6.45, 7) is 2.40. The molecule has 0 radical (unpaired) electrons. The Morgan fingerprint density at radius 2 is 2.19 bits per heavy atom. The maximum Gasteiger partial charge on any atom is 0.262 e. The summed E-state index contributed by atoms with van der Waals surface area (Å²) in [7, 11) is -3.74. The van der Waals surface area contributed by atoms with Gasteiger partial charge in [0.15, 0.2) is 10.2 Å². The molecule has 1 N–H and O–H groups in total. The van der Waals surface area contributed by atoms with Gasteiger partial charge in [0.25, 0.3) is 10.0 Å². The van der Waals surface area contributed by atoms with E-state index in [-0.39, 0.29) is 29.2 Å². The lowest BCUT2D eigenvalue weighted by Gasteiger charge is -2.33. The standard InChI is InChI=1S/C13H16ClN3O3S/c1-9-8-16(7-5-10(9)18)21(19,20)13-12(14)15-11-4-2-3-6-17(11)13/h2-4,6,9-10,18H,5,7-8H2,1H3. The average Bonchev–Trinajstić information content (AvgIpc) is 2.78. The van der Waals surface area contributed by atoms with E-state index in [1.54, 1.807) is 24.4 Å². The van der Waals surface area contributed by atoms with Crippen LogP contribution in [0.4, 0.5) is 0 Å². The number of hydrogen-bond acceptors (Lipinski definition) is 4. The fourth-order valence-electron chi connectivity index (χ4n) is 2.61. The van der Waals surface area contributed by atoms with E-state index in [1.807, 2.05) is 6.92 Å². The zero-order chi connectivity index (χ0) is 15.2. The number of hydrogen-bond donors (Lipinski definition) is 1. The van der Waals surface area contributed by atoms with E-state index in [0.29, 0.717) is 12.1 Å². The summed E-state index contributed by atoms with van der Waals surface area (Å²) in [5.41, 5.74) is 0.492. The van der Waals surface area contributed by atoms with Crippen LogP contribution in [0.3, 0.4) is 0 Å². The van der Waals surface area contributed by atoms with E-state index < -0.39 is 16.1 Å². The first-order valence-corrected chi connectivity index (χ1v) is 8.54. The predicted molar refractivity (Wildman–Crippen MR) is 78.7 cm³/mol. The van der Waals surface area contributed by atoms with Crippen molar-refractivity contribution >= 4 is 27.3 Å². The first-order chi connectivity index (χ1) is 9.91. The molecule has 8 heteroatoms. The quantitative estimate of drug-likeness (QED) is 0.903. The Hall–Kier alpha value is -1.15. The first kappa shape index (κ1) is 14.8. The molecule has 2 unspecified atom stereocenters. The number of aliphatic hydroxyl groups excluding tert-OH is 1. The number of aromatic nitrogens is 2. The van der Waals surface area contributed by atoms with Crippen molar-refractivity contribution in [2.45, 2.75) is 24.5 Å². The lowest BCUT2D eigenvalue weighted by Crippen LogP contribution is -2.45. The molecule has 0 aliphatic carbocycles. The molecule has 0 spiro atoms. The summed E-state index contributed by atoms with van der Waals surface area (Å²) < 4.78 is 28.5. The highest BCUT2D eigenvalue weighted by atomic mass is 35.5. The molecule has 2 aromatic heterocycles. The highest BCUT2D eigenvalue weighted by Gasteiger charge is 2.36. The summed E-state index contributed by atoms with van der Waals surface area (Å²) in [6, 6.07) is 5.20. The maximum absolute atomic E-state index is 12.8. The minimum atomic E-state index is -3.74. The van der Waals surface area contributed by atoms with Crippen LogP contribution in [0.15, 0.2) is 29.4 Å². The zero-order valence-corrected chi connectivity index (χ0v) is 13.0. The van der Waals surface area contributed by atoms with Crippen molar-refractivity contribution in [2.24, 2.45) is 5.92 Å². The third kappa shape index (κ3) is 2.44. The molecule has 6 nitrogen and oxygen atoms in total. The minimum absolute atomic E-state index is 0.0108. The van der Waals surface area contributed by atoms with Crippen LogP contribution in [0.2, 0.25) is 5.15 Å². The van der Waals surface area contributed by atoms with Crippen LogP contribution < -0.4 is 0 Å². The summed E-state index contributed by atoms with van der Waals surface area (Å²) in [5, 5.41) is 9.71. The van der Waals surface area contributed by atoms with Crippen LogP contribution in [-0.4, -0.2) is 46.4 Å². The topological polar surface area (TPSA) is 74.9 Å². The normalized spacial score (nSPS) is 24.5. The van der Waals surface area contributed by atoms with E-state index in [0.717, 1.165) is 0 Å². The molecule has 2 aromatic rings. The van der Waals surface area contributed by atoms with Crippen LogP contribution in [0, 0.1) is 5.92 Å². The van der Waals surface area contributed by atoms with Crippen molar-refractivity contribution < 1.29 is 13.5 Å². The summed E-state index contributed by atoms with van der Waals surface area (Å²) in [4.78, 5) is 4.08. The van der Waals surface area contributed by atoms with Gasteiger partial charge < -0.3 is 5.11 Å². The molecule has 1 saturated heterocycles. The SMILES string of the molecule is CC1CN(S(=O)(=O)c2c(Cl)nc3ccccn23)CCC1O. The molecular formula is C13H16ClN3O3S. The fourth-order valence-corrected chi connectivity index (χ4v) is 4.76. The number of rotatable bonds is 2. The van der Waals surface area contributed by atoms with E-state index >= 15 is 0 Å². The predicted octanol–water partition coefficient (Wildman–Crippen LogP) is 1.38. The summed E-state index contributed by atoms with van der Waals surface area (Å²) >= 11 is 6.05. The molecule has 1 aliphatic heterocycles. The second-order valence-electron chi connectivity index (χ2n) is 5.33. The molecule has 21 heavy (non-hydrogen) atoms. The lowest BCUT2D eigenvalue weighted by molar-refractivity contribution is 0.0628. The Balaban J connectivity index is 2.07. The van der Waals surface area contributed by atoms with E-state index in [1.165, 1.54) is 8.71 Å². The Morgan fingerprint density at radius 1 is 1.43 bits per heavy atom. The smallest absolute Gasteiger partial charge is 0.262 e. The second kappa shape index (κ2) is 5.24. The van der Waals surface area contributed by atoms with Gasteiger partial charge in [-0.25, -0.2) is 13.4 Å². The second-order valence-corrected chi connectivity index (χ2v) is 7.54. The molecular weight excluding hydrogens is 314 g/mol. The van der Waals surface area contributed by atoms with Crippen molar-refractivity contribution in [3.8, 4) is 0 Å². The highest BCUT2D eigenvalue weighted by Crippen LogP contribution is 2.28. The molecule has 114 valence electrons. The average molecular weight is 330 g/mol. The Bertz CT molecular complexity index is 774. The van der Waals surface area contributed by atoms with E-state index in [2.05, 4.69) is 4.98 Å². The Morgan fingerprint density at radius 3 is 2.90 bits per heavy atom. The number of fused-ring (bicyclic) bond motifs is 1. The van der Waals surface area contributed by atoms with Crippen LogP contribution in [0.1, 0.15) is 13.3 Å². The van der Waals surface area contributed by atoms with Gasteiger partial charge in [0.2, 0.25) is 0 Å². The Kier molecular flexibility index (Phi) is 3.69. The Labute approximate surface area is 128 Å². The number of sulfonamides is 1. The van der Waals surface area contributed by atoms with Gasteiger partial charge in [-0.2, -0.15) is 4.31 Å². The molecule has 1 aliphatic rings. The molecule has 3 rings (SSSR count). The van der Waals surface area contributed by atoms with Crippen molar-refractivity contribution in [3.63, 3.8) is 0 Å². The third-order valence-corrected chi connectivity index (χ3v) is 6.12. The van der Waals surface area contributed by atoms with Gasteiger partial charge in [0, 0.05) is 19.3 Å². The van der Waals surface area contributed by atoms with Crippen molar-refractivity contribution in [3.05, 3.63) is 29.5 Å². The summed E-state index contributed by atoms with van der Waals surface area (Å²) in [5.74, 6) is -0.105. The highest BCUT2D eigenvalue weighted by molar-refractivity contribution is 7.89. The van der Waals surface area contributed by atoms with Gasteiger partial charge >= 0.3 is 0 Å². The number of halogens is 1. The van der Waals surface area contributed by atoms with Crippen LogP contribution in [-0.2, 0) is 10.0 Å².